The molecule has 0 aromatic carbocycles. The van der Waals surface area contributed by atoms with E-state index in [1.54, 1.807) is 0 Å². The average Bonchev–Trinajstić information content (AvgIpc) is 3.01. The topological polar surface area (TPSA) is 173 Å². The molecule has 0 aliphatic heterocycles. The van der Waals surface area contributed by atoms with Gasteiger partial charge in [0.1, 0.15) is 0 Å². The fourth-order valence-corrected chi connectivity index (χ4v) is 6.12. The van der Waals surface area contributed by atoms with Crippen LogP contribution in [0.3, 0.4) is 0 Å². The van der Waals surface area contributed by atoms with Crippen LogP contribution in [-0.4, -0.2) is 100 Å². The maximum absolute atomic E-state index is 11.4. The summed E-state index contributed by atoms with van der Waals surface area (Å²) in [4.78, 5) is 22.8. The third kappa shape index (κ3) is 52.5. The molecule has 0 saturated carbocycles. The van der Waals surface area contributed by atoms with Crippen molar-refractivity contribution in [2.24, 2.45) is 0 Å². The van der Waals surface area contributed by atoms with Crippen LogP contribution in [-0.2, 0) is 29.8 Å². The molecule has 0 aromatic heterocycles. The average molecular weight is 765 g/mol. The van der Waals surface area contributed by atoms with Crippen LogP contribution >= 0.6 is 0 Å². The van der Waals surface area contributed by atoms with Crippen LogP contribution < -0.4 is 10.6 Å². The number of hydrogen-bond donors (Lipinski definition) is 2. The maximum Gasteiger partial charge on any atom is 2.00 e. The zero-order valence-electron chi connectivity index (χ0n) is 31.4. The van der Waals surface area contributed by atoms with Gasteiger partial charge in [0, 0.05) is 25.9 Å². The molecule has 49 heavy (non-hydrogen) atoms. The number of unbranched alkanes of at least 4 members (excludes halogenated alkanes) is 24. The van der Waals surface area contributed by atoms with Crippen LogP contribution in [0.1, 0.15) is 194 Å². The molecule has 2 N–H and O–H groups in total. The Morgan fingerprint density at radius 2 is 0.612 bits per heavy atom. The standard InChI is InChI=1S/2C18H37NO4S.Ca/c2*1-2-3-4-5-6-7-8-9-10-11-12-13-14-15-18(20)19-16-17-24(21,22)23;/h2*2-17H2,1H3,(H,19,20)(H,21,22,23);/q;;+2/p-2. The SMILES string of the molecule is CCCCCCCCCCCCCCCC(=O)NCCS(=O)(=O)[O-].CCCCCCCCCCCCCCCC(=O)NCCS(=O)(=O)[O-].[Ca+2]. The van der Waals surface area contributed by atoms with Crippen molar-refractivity contribution in [1.82, 2.24) is 10.6 Å². The number of hydrogen-bond acceptors (Lipinski definition) is 8. The Labute approximate surface area is 331 Å². The van der Waals surface area contributed by atoms with Crippen LogP contribution in [0.15, 0.2) is 0 Å². The monoisotopic (exact) mass is 764 g/mol. The molecule has 288 valence electrons. The fourth-order valence-electron chi connectivity index (χ4n) is 5.41. The van der Waals surface area contributed by atoms with E-state index >= 15 is 0 Å². The first-order valence-electron chi connectivity index (χ1n) is 19.3. The summed E-state index contributed by atoms with van der Waals surface area (Å²) in [5.74, 6) is -1.39. The maximum atomic E-state index is 11.4. The van der Waals surface area contributed by atoms with Crippen LogP contribution in [0.4, 0.5) is 0 Å². The summed E-state index contributed by atoms with van der Waals surface area (Å²) in [5, 5.41) is 4.93. The number of carbonyl (C=O) groups excluding carboxylic acids is 2. The molecule has 0 bridgehead atoms. The smallest absolute Gasteiger partial charge is 0.748 e. The molecule has 0 unspecified atom stereocenters. The van der Waals surface area contributed by atoms with Gasteiger partial charge in [-0.2, -0.15) is 0 Å². The van der Waals surface area contributed by atoms with Gasteiger partial charge in [-0.15, -0.1) is 0 Å². The van der Waals surface area contributed by atoms with Crippen LogP contribution in [0.5, 0.6) is 0 Å². The molecule has 0 radical (unpaired) electrons. The minimum atomic E-state index is -4.23. The Morgan fingerprint density at radius 1 is 0.408 bits per heavy atom. The van der Waals surface area contributed by atoms with Gasteiger partial charge in [0.15, 0.2) is 0 Å². The Hall–Kier alpha value is 0.0197. The summed E-state index contributed by atoms with van der Waals surface area (Å²) in [7, 11) is -8.47. The van der Waals surface area contributed by atoms with Crippen molar-refractivity contribution in [2.45, 2.75) is 194 Å². The van der Waals surface area contributed by atoms with Crippen molar-refractivity contribution in [1.29, 1.82) is 0 Å². The molecule has 10 nitrogen and oxygen atoms in total. The fraction of sp³-hybridized carbons (Fsp3) is 0.944. The van der Waals surface area contributed by atoms with E-state index in [2.05, 4.69) is 24.5 Å². The third-order valence-electron chi connectivity index (χ3n) is 8.36. The molecule has 0 fully saturated rings. The van der Waals surface area contributed by atoms with Gasteiger partial charge in [0.2, 0.25) is 11.8 Å². The second kappa shape index (κ2) is 39.2. The van der Waals surface area contributed by atoms with Crippen molar-refractivity contribution in [3.63, 3.8) is 0 Å². The van der Waals surface area contributed by atoms with Gasteiger partial charge >= 0.3 is 37.7 Å². The van der Waals surface area contributed by atoms with E-state index in [9.17, 15) is 35.5 Å². The molecule has 0 heterocycles. The molecule has 0 aliphatic carbocycles. The first-order chi connectivity index (χ1) is 22.9. The number of nitrogens with one attached hydrogen (secondary N) is 2. The zero-order chi connectivity index (χ0) is 36.2. The molecule has 0 saturated heterocycles. The van der Waals surface area contributed by atoms with Crippen molar-refractivity contribution >= 4 is 69.8 Å². The van der Waals surface area contributed by atoms with Gasteiger partial charge in [0.05, 0.1) is 31.7 Å². The molecular weight excluding hydrogens is 693 g/mol. The summed E-state index contributed by atoms with van der Waals surface area (Å²) in [6.07, 6.45) is 33.6. The Balaban J connectivity index is -0.000000846. The molecule has 0 aromatic rings. The van der Waals surface area contributed by atoms with Gasteiger partial charge in [-0.3, -0.25) is 9.59 Å². The molecule has 0 aliphatic rings. The first kappa shape index (κ1) is 53.4. The number of carbonyl (C=O) groups is 2. The first-order valence-corrected chi connectivity index (χ1v) is 22.5. The summed E-state index contributed by atoms with van der Waals surface area (Å²) in [6.45, 7) is 4.33. The molecule has 2 amide bonds. The second-order valence-electron chi connectivity index (χ2n) is 13.2. The Morgan fingerprint density at radius 3 is 0.816 bits per heavy atom. The van der Waals surface area contributed by atoms with Crippen LogP contribution in [0, 0.1) is 0 Å². The normalized spacial score (nSPS) is 11.3. The summed E-state index contributed by atoms with van der Waals surface area (Å²) in [6, 6.07) is 0. The van der Waals surface area contributed by atoms with E-state index in [-0.39, 0.29) is 62.6 Å². The second-order valence-corrected chi connectivity index (χ2v) is 16.3. The van der Waals surface area contributed by atoms with Gasteiger partial charge in [-0.05, 0) is 12.8 Å². The Kier molecular flexibility index (Phi) is 42.7. The zero-order valence-corrected chi connectivity index (χ0v) is 35.3. The van der Waals surface area contributed by atoms with Crippen LogP contribution in [0.25, 0.3) is 0 Å². The quantitative estimate of drug-likeness (QED) is 0.0378. The van der Waals surface area contributed by atoms with Gasteiger partial charge in [-0.25, -0.2) is 16.8 Å². The van der Waals surface area contributed by atoms with E-state index in [1.165, 1.54) is 128 Å². The van der Waals surface area contributed by atoms with Gasteiger partial charge < -0.3 is 19.7 Å². The predicted octanol–water partition coefficient (Wildman–Crippen LogP) is 7.88. The van der Waals surface area contributed by atoms with Crippen molar-refractivity contribution in [2.75, 3.05) is 24.6 Å². The minimum Gasteiger partial charge on any atom is -0.748 e. The van der Waals surface area contributed by atoms with Crippen molar-refractivity contribution in [3.8, 4) is 0 Å². The van der Waals surface area contributed by atoms with E-state index in [0.29, 0.717) is 12.8 Å². The molecule has 13 heteroatoms. The largest absolute Gasteiger partial charge is 2.00 e. The van der Waals surface area contributed by atoms with Crippen molar-refractivity contribution < 1.29 is 35.5 Å². The van der Waals surface area contributed by atoms with E-state index in [4.69, 9.17) is 0 Å². The van der Waals surface area contributed by atoms with E-state index < -0.39 is 31.7 Å². The molecule has 0 spiro atoms. The Bertz CT molecular complexity index is 875. The molecule has 0 rings (SSSR count). The van der Waals surface area contributed by atoms with E-state index in [0.717, 1.165) is 38.5 Å². The van der Waals surface area contributed by atoms with Crippen molar-refractivity contribution in [3.05, 3.63) is 0 Å². The van der Waals surface area contributed by atoms with E-state index in [1.807, 2.05) is 0 Å². The summed E-state index contributed by atoms with van der Waals surface area (Å²) >= 11 is 0. The third-order valence-corrected chi connectivity index (χ3v) is 9.77. The predicted molar refractivity (Wildman–Crippen MR) is 202 cm³/mol. The summed E-state index contributed by atoms with van der Waals surface area (Å²) in [5.41, 5.74) is 0. The van der Waals surface area contributed by atoms with Crippen LogP contribution in [0.2, 0.25) is 0 Å². The number of amides is 2. The molecular formula is C36H72CaN2O8S2. The number of rotatable bonds is 34. The van der Waals surface area contributed by atoms with Gasteiger partial charge in [0.25, 0.3) is 0 Å². The van der Waals surface area contributed by atoms with Gasteiger partial charge in [-0.1, -0.05) is 168 Å². The summed E-state index contributed by atoms with van der Waals surface area (Å²) < 4.78 is 62.3. The minimum absolute atomic E-state index is 0. The molecule has 0 atom stereocenters.